The lowest BCUT2D eigenvalue weighted by Crippen LogP contribution is -2.34. The number of urea groups is 1. The zero-order valence-electron chi connectivity index (χ0n) is 14.2. The fraction of sp³-hybridized carbons (Fsp3) is 0.111. The van der Waals surface area contributed by atoms with E-state index in [0.717, 1.165) is 5.39 Å². The molecule has 3 aromatic rings. The molecule has 0 unspecified atom stereocenters. The fourth-order valence-corrected chi connectivity index (χ4v) is 2.55. The second kappa shape index (κ2) is 7.15. The molecule has 0 aliphatic carbocycles. The van der Waals surface area contributed by atoms with E-state index in [2.05, 4.69) is 4.98 Å². The second-order valence-corrected chi connectivity index (χ2v) is 5.98. The summed E-state index contributed by atoms with van der Waals surface area (Å²) in [6, 6.07) is 5.51. The maximum Gasteiger partial charge on any atom is 0.416 e. The zero-order valence-corrected chi connectivity index (χ0v) is 14.2. The van der Waals surface area contributed by atoms with Crippen molar-refractivity contribution < 1.29 is 35.9 Å². The van der Waals surface area contributed by atoms with Crippen molar-refractivity contribution in [2.24, 2.45) is 0 Å². The molecule has 0 saturated heterocycles. The number of hydrogen-bond donors (Lipinski definition) is 3. The molecule has 1 aromatic heterocycles. The zero-order chi connectivity index (χ0) is 21.4. The molecule has 11 heteroatoms. The second-order valence-electron chi connectivity index (χ2n) is 5.98. The highest BCUT2D eigenvalue weighted by Gasteiger charge is 2.37. The molecule has 0 saturated carbocycles. The van der Waals surface area contributed by atoms with Gasteiger partial charge in [-0.3, -0.25) is 10.1 Å². The third-order valence-electron chi connectivity index (χ3n) is 3.89. The van der Waals surface area contributed by atoms with Gasteiger partial charge in [-0.1, -0.05) is 6.07 Å². The number of imide groups is 1. The Morgan fingerprint density at radius 2 is 1.45 bits per heavy atom. The highest BCUT2D eigenvalue weighted by molar-refractivity contribution is 6.09. The first-order chi connectivity index (χ1) is 13.4. The number of rotatable bonds is 2. The first-order valence-electron chi connectivity index (χ1n) is 7.92. The van der Waals surface area contributed by atoms with E-state index in [1.165, 1.54) is 12.1 Å². The van der Waals surface area contributed by atoms with Crippen molar-refractivity contribution in [3.63, 3.8) is 0 Å². The number of alkyl halides is 6. The largest absolute Gasteiger partial charge is 0.416 e. The first-order valence-corrected chi connectivity index (χ1v) is 7.92. The van der Waals surface area contributed by atoms with Crippen LogP contribution in [0.1, 0.15) is 21.5 Å². The molecular weight excluding hydrogens is 404 g/mol. The van der Waals surface area contributed by atoms with Gasteiger partial charge in [-0.2, -0.15) is 26.3 Å². The SMILES string of the molecule is O=C(NC(=O)c1ccc2cc[nH]c2c1)Nc1cc(C(F)(F)F)cc(C(F)(F)F)c1. The van der Waals surface area contributed by atoms with Gasteiger partial charge in [-0.25, -0.2) is 4.79 Å². The molecule has 0 radical (unpaired) electrons. The predicted molar refractivity (Wildman–Crippen MR) is 91.2 cm³/mol. The number of aromatic amines is 1. The summed E-state index contributed by atoms with van der Waals surface area (Å²) in [7, 11) is 0. The van der Waals surface area contributed by atoms with E-state index in [0.29, 0.717) is 17.6 Å². The van der Waals surface area contributed by atoms with Gasteiger partial charge < -0.3 is 10.3 Å². The summed E-state index contributed by atoms with van der Waals surface area (Å²) in [5.41, 5.74) is -3.28. The van der Waals surface area contributed by atoms with E-state index in [1.807, 2.05) is 10.6 Å². The standard InChI is InChI=1S/C18H11F6N3O2/c19-17(20,21)11-6-12(18(22,23)24)8-13(7-11)26-16(29)27-15(28)10-2-1-9-3-4-25-14(9)5-10/h1-8,25H,(H2,26,27,28,29). The lowest BCUT2D eigenvalue weighted by atomic mass is 10.1. The maximum atomic E-state index is 12.9. The number of hydrogen-bond acceptors (Lipinski definition) is 2. The van der Waals surface area contributed by atoms with E-state index in [-0.39, 0.29) is 11.6 Å². The topological polar surface area (TPSA) is 74.0 Å². The third-order valence-corrected chi connectivity index (χ3v) is 3.89. The van der Waals surface area contributed by atoms with E-state index in [4.69, 9.17) is 0 Å². The summed E-state index contributed by atoms with van der Waals surface area (Å²) in [6.45, 7) is 0. The molecule has 0 aliphatic rings. The van der Waals surface area contributed by atoms with Gasteiger partial charge in [-0.15, -0.1) is 0 Å². The Labute approximate surface area is 158 Å². The number of carbonyl (C=O) groups excluding carboxylic acids is 2. The number of anilines is 1. The van der Waals surface area contributed by atoms with Crippen molar-refractivity contribution in [1.29, 1.82) is 0 Å². The van der Waals surface area contributed by atoms with Crippen LogP contribution in [-0.4, -0.2) is 16.9 Å². The summed E-state index contributed by atoms with van der Waals surface area (Å²) in [5.74, 6) is -0.887. The summed E-state index contributed by atoms with van der Waals surface area (Å²) in [6.07, 6.45) is -8.49. The van der Waals surface area contributed by atoms with Gasteiger partial charge in [0.2, 0.25) is 0 Å². The van der Waals surface area contributed by atoms with Crippen molar-refractivity contribution in [3.8, 4) is 0 Å². The molecule has 0 aliphatic heterocycles. The van der Waals surface area contributed by atoms with Gasteiger partial charge in [0.05, 0.1) is 11.1 Å². The van der Waals surface area contributed by atoms with Crippen LogP contribution in [0.2, 0.25) is 0 Å². The molecule has 29 heavy (non-hydrogen) atoms. The van der Waals surface area contributed by atoms with Crippen molar-refractivity contribution >= 4 is 28.5 Å². The minimum absolute atomic E-state index is 0.0649. The fourth-order valence-electron chi connectivity index (χ4n) is 2.55. The molecule has 2 aromatic carbocycles. The van der Waals surface area contributed by atoms with E-state index < -0.39 is 41.1 Å². The van der Waals surface area contributed by atoms with Crippen molar-refractivity contribution in [2.75, 3.05) is 5.32 Å². The lowest BCUT2D eigenvalue weighted by Gasteiger charge is -2.15. The molecule has 3 N–H and O–H groups in total. The molecule has 0 bridgehead atoms. The van der Waals surface area contributed by atoms with Gasteiger partial charge in [0, 0.05) is 23.0 Å². The smallest absolute Gasteiger partial charge is 0.361 e. The summed E-state index contributed by atoms with van der Waals surface area (Å²) in [5, 5.41) is 4.47. The van der Waals surface area contributed by atoms with Gasteiger partial charge >= 0.3 is 18.4 Å². The van der Waals surface area contributed by atoms with Crippen LogP contribution in [0.4, 0.5) is 36.8 Å². The number of benzene rings is 2. The molecule has 1 heterocycles. The average Bonchev–Trinajstić information content (AvgIpc) is 3.07. The molecular formula is C18H11F6N3O2. The van der Waals surface area contributed by atoms with Gasteiger partial charge in [0.1, 0.15) is 0 Å². The average molecular weight is 415 g/mol. The molecule has 0 fully saturated rings. The molecule has 0 spiro atoms. The molecule has 3 amide bonds. The molecule has 0 atom stereocenters. The minimum atomic E-state index is -5.06. The van der Waals surface area contributed by atoms with Gasteiger partial charge in [0.25, 0.3) is 5.91 Å². The molecule has 152 valence electrons. The monoisotopic (exact) mass is 415 g/mol. The van der Waals surface area contributed by atoms with Crippen LogP contribution in [0.25, 0.3) is 10.9 Å². The Bertz CT molecular complexity index is 1050. The quantitative estimate of drug-likeness (QED) is 0.506. The van der Waals surface area contributed by atoms with Gasteiger partial charge in [0.15, 0.2) is 0 Å². The van der Waals surface area contributed by atoms with Crippen LogP contribution < -0.4 is 10.6 Å². The van der Waals surface area contributed by atoms with Crippen LogP contribution in [0.15, 0.2) is 48.7 Å². The lowest BCUT2D eigenvalue weighted by molar-refractivity contribution is -0.143. The Morgan fingerprint density at radius 1 is 0.828 bits per heavy atom. The van der Waals surface area contributed by atoms with Crippen LogP contribution in [-0.2, 0) is 12.4 Å². The Hall–Kier alpha value is -3.50. The van der Waals surface area contributed by atoms with Crippen LogP contribution in [0.3, 0.4) is 0 Å². The van der Waals surface area contributed by atoms with Crippen molar-refractivity contribution in [1.82, 2.24) is 10.3 Å². The summed E-state index contributed by atoms with van der Waals surface area (Å²) < 4.78 is 77.1. The summed E-state index contributed by atoms with van der Waals surface area (Å²) >= 11 is 0. The van der Waals surface area contributed by atoms with Crippen molar-refractivity contribution in [2.45, 2.75) is 12.4 Å². The normalized spacial score (nSPS) is 12.1. The van der Waals surface area contributed by atoms with Gasteiger partial charge in [-0.05, 0) is 41.8 Å². The number of H-pyrrole nitrogens is 1. The van der Waals surface area contributed by atoms with Crippen LogP contribution in [0.5, 0.6) is 0 Å². The van der Waals surface area contributed by atoms with E-state index in [9.17, 15) is 35.9 Å². The highest BCUT2D eigenvalue weighted by Crippen LogP contribution is 2.37. The predicted octanol–water partition coefficient (Wildman–Crippen LogP) is 5.17. The highest BCUT2D eigenvalue weighted by atomic mass is 19.4. The Morgan fingerprint density at radius 3 is 2.03 bits per heavy atom. The van der Waals surface area contributed by atoms with Crippen molar-refractivity contribution in [3.05, 3.63) is 65.4 Å². The molecule has 5 nitrogen and oxygen atoms in total. The Kier molecular flexibility index (Phi) is 4.99. The number of amides is 3. The first kappa shape index (κ1) is 20.2. The number of nitrogens with one attached hydrogen (secondary N) is 3. The minimum Gasteiger partial charge on any atom is -0.361 e. The van der Waals surface area contributed by atoms with E-state index in [1.54, 1.807) is 18.3 Å². The maximum absolute atomic E-state index is 12.9. The number of fused-ring (bicyclic) bond motifs is 1. The molecule has 3 rings (SSSR count). The third kappa shape index (κ3) is 4.68. The number of carbonyl (C=O) groups is 2. The van der Waals surface area contributed by atoms with Crippen LogP contribution >= 0.6 is 0 Å². The van der Waals surface area contributed by atoms with Crippen LogP contribution in [0, 0.1) is 0 Å². The Balaban J connectivity index is 1.79. The number of aromatic nitrogens is 1. The van der Waals surface area contributed by atoms with E-state index >= 15 is 0 Å². The number of halogens is 6. The summed E-state index contributed by atoms with van der Waals surface area (Å²) in [4.78, 5) is 26.9.